The lowest BCUT2D eigenvalue weighted by atomic mass is 9.77. The van der Waals surface area contributed by atoms with Gasteiger partial charge in [0, 0.05) is 25.3 Å². The number of rotatable bonds is 2. The predicted molar refractivity (Wildman–Crippen MR) is 103 cm³/mol. The minimum Gasteiger partial charge on any atom is -0.339 e. The van der Waals surface area contributed by atoms with Crippen molar-refractivity contribution in [2.24, 2.45) is 5.41 Å². The highest BCUT2D eigenvalue weighted by atomic mass is 35.5. The number of hydrogen-bond acceptors (Lipinski definition) is 5. The number of carbonyl (C=O) groups excluding carboxylic acids is 1. The van der Waals surface area contributed by atoms with Crippen molar-refractivity contribution in [1.29, 1.82) is 0 Å². The minimum atomic E-state index is 0. The Hall–Kier alpha value is -1.66. The molecule has 0 atom stereocenters. The molecule has 2 fully saturated rings. The smallest absolute Gasteiger partial charge is 0.259 e. The Kier molecular flexibility index (Phi) is 5.26. The van der Waals surface area contributed by atoms with E-state index in [-0.39, 0.29) is 24.2 Å². The van der Waals surface area contributed by atoms with E-state index >= 15 is 0 Å². The van der Waals surface area contributed by atoms with Gasteiger partial charge in [-0.2, -0.15) is 0 Å². The molecule has 7 heteroatoms. The van der Waals surface area contributed by atoms with Gasteiger partial charge in [0.05, 0.1) is 16.6 Å². The summed E-state index contributed by atoms with van der Waals surface area (Å²) in [5, 5.41) is 8.26. The Bertz CT molecular complexity index is 801. The maximum atomic E-state index is 13.3. The number of hydrogen-bond donors (Lipinski definition) is 1. The summed E-state index contributed by atoms with van der Waals surface area (Å²) in [6.07, 6.45) is 3.40. The van der Waals surface area contributed by atoms with Gasteiger partial charge in [0.1, 0.15) is 0 Å². The first-order chi connectivity index (χ1) is 12.0. The maximum Gasteiger partial charge on any atom is 0.259 e. The summed E-state index contributed by atoms with van der Waals surface area (Å²) < 4.78 is 5.35. The molecule has 4 rings (SSSR count). The third-order valence-corrected chi connectivity index (χ3v) is 5.90. The molecule has 1 spiro atoms. The molecule has 0 radical (unpaired) electrons. The lowest BCUT2D eigenvalue weighted by molar-refractivity contribution is 0.0609. The van der Waals surface area contributed by atoms with Crippen LogP contribution in [0.4, 0.5) is 0 Å². The van der Waals surface area contributed by atoms with E-state index in [4.69, 9.17) is 4.52 Å². The Morgan fingerprint density at radius 2 is 2.04 bits per heavy atom. The van der Waals surface area contributed by atoms with E-state index in [1.807, 2.05) is 17.9 Å². The second kappa shape index (κ2) is 7.16. The molecule has 1 amide bonds. The number of likely N-dealkylation sites (tertiary alicyclic amines) is 1. The molecular formula is C19H27ClN4O2. The average Bonchev–Trinajstić information content (AvgIpc) is 3.22. The predicted octanol–water partition coefficient (Wildman–Crippen LogP) is 3.29. The number of piperidine rings is 1. The number of fused-ring (bicyclic) bond motifs is 1. The molecule has 142 valence electrons. The van der Waals surface area contributed by atoms with Crippen LogP contribution in [-0.4, -0.2) is 47.1 Å². The number of aryl methyl sites for hydroxylation is 1. The van der Waals surface area contributed by atoms with E-state index < -0.39 is 0 Å². The average molecular weight is 379 g/mol. The van der Waals surface area contributed by atoms with Gasteiger partial charge < -0.3 is 14.7 Å². The van der Waals surface area contributed by atoms with Crippen LogP contribution in [0.5, 0.6) is 0 Å². The zero-order valence-electron chi connectivity index (χ0n) is 15.7. The number of halogens is 1. The standard InChI is InChI=1S/C19H26N4O2.ClH/c1-12(2)15-10-14(16-13(3)22-25-17(16)21-15)18(24)23-8-5-19(6-9-23)4-7-20-11-19;/h10,12,20H,4-9,11H2,1-3H3;1H. The molecule has 2 aromatic heterocycles. The minimum absolute atomic E-state index is 0. The molecule has 0 aliphatic carbocycles. The van der Waals surface area contributed by atoms with Crippen LogP contribution in [-0.2, 0) is 0 Å². The van der Waals surface area contributed by atoms with Gasteiger partial charge in [-0.15, -0.1) is 12.4 Å². The van der Waals surface area contributed by atoms with Gasteiger partial charge in [-0.05, 0) is 50.1 Å². The van der Waals surface area contributed by atoms with Crippen LogP contribution in [0.1, 0.15) is 60.8 Å². The molecule has 0 aromatic carbocycles. The molecule has 2 aliphatic rings. The van der Waals surface area contributed by atoms with Crippen molar-refractivity contribution in [2.45, 2.75) is 46.0 Å². The molecule has 26 heavy (non-hydrogen) atoms. The molecule has 6 nitrogen and oxygen atoms in total. The number of nitrogens with one attached hydrogen (secondary N) is 1. The molecular weight excluding hydrogens is 352 g/mol. The van der Waals surface area contributed by atoms with E-state index in [9.17, 15) is 4.79 Å². The number of carbonyl (C=O) groups is 1. The number of pyridine rings is 1. The van der Waals surface area contributed by atoms with Crippen molar-refractivity contribution in [3.8, 4) is 0 Å². The normalized spacial score (nSPS) is 19.3. The molecule has 0 unspecified atom stereocenters. The fraction of sp³-hybridized carbons (Fsp3) is 0.632. The summed E-state index contributed by atoms with van der Waals surface area (Å²) in [4.78, 5) is 19.8. The van der Waals surface area contributed by atoms with Gasteiger partial charge in [-0.25, -0.2) is 4.98 Å². The van der Waals surface area contributed by atoms with Crippen LogP contribution in [0.2, 0.25) is 0 Å². The highest BCUT2D eigenvalue weighted by Crippen LogP contribution is 2.37. The van der Waals surface area contributed by atoms with Crippen molar-refractivity contribution >= 4 is 29.4 Å². The van der Waals surface area contributed by atoms with E-state index in [0.717, 1.165) is 55.8 Å². The number of amides is 1. The second-order valence-corrected chi connectivity index (χ2v) is 7.92. The van der Waals surface area contributed by atoms with Crippen molar-refractivity contribution in [2.75, 3.05) is 26.2 Å². The summed E-state index contributed by atoms with van der Waals surface area (Å²) in [6.45, 7) is 9.87. The van der Waals surface area contributed by atoms with E-state index in [2.05, 4.69) is 29.3 Å². The van der Waals surface area contributed by atoms with Crippen LogP contribution in [0.3, 0.4) is 0 Å². The lowest BCUT2D eigenvalue weighted by Gasteiger charge is -2.39. The van der Waals surface area contributed by atoms with Crippen molar-refractivity contribution in [3.63, 3.8) is 0 Å². The largest absolute Gasteiger partial charge is 0.339 e. The highest BCUT2D eigenvalue weighted by molar-refractivity contribution is 6.06. The van der Waals surface area contributed by atoms with Crippen LogP contribution >= 0.6 is 12.4 Å². The van der Waals surface area contributed by atoms with E-state index in [1.165, 1.54) is 6.42 Å². The molecule has 2 aromatic rings. The third-order valence-electron chi connectivity index (χ3n) is 5.90. The monoisotopic (exact) mass is 378 g/mol. The van der Waals surface area contributed by atoms with Crippen LogP contribution in [0, 0.1) is 12.3 Å². The Morgan fingerprint density at radius 3 is 2.65 bits per heavy atom. The first kappa shape index (κ1) is 19.1. The van der Waals surface area contributed by atoms with Crippen molar-refractivity contribution < 1.29 is 9.32 Å². The SMILES string of the molecule is Cc1noc2nc(C(C)C)cc(C(=O)N3CCC4(CCNC4)CC3)c12.Cl. The molecule has 1 N–H and O–H groups in total. The van der Waals surface area contributed by atoms with Gasteiger partial charge in [0.2, 0.25) is 0 Å². The van der Waals surface area contributed by atoms with Gasteiger partial charge >= 0.3 is 0 Å². The van der Waals surface area contributed by atoms with Gasteiger partial charge in [-0.1, -0.05) is 19.0 Å². The Balaban J connectivity index is 0.00000196. The van der Waals surface area contributed by atoms with Crippen LogP contribution in [0.25, 0.3) is 11.1 Å². The summed E-state index contributed by atoms with van der Waals surface area (Å²) in [6, 6.07) is 1.93. The van der Waals surface area contributed by atoms with Crippen molar-refractivity contribution in [3.05, 3.63) is 23.0 Å². The quantitative estimate of drug-likeness (QED) is 0.868. The first-order valence-corrected chi connectivity index (χ1v) is 9.26. The van der Waals surface area contributed by atoms with Crippen LogP contribution in [0.15, 0.2) is 10.6 Å². The molecule has 4 heterocycles. The van der Waals surface area contributed by atoms with Gasteiger partial charge in [0.15, 0.2) is 0 Å². The topological polar surface area (TPSA) is 71.3 Å². The summed E-state index contributed by atoms with van der Waals surface area (Å²) >= 11 is 0. The van der Waals surface area contributed by atoms with Crippen LogP contribution < -0.4 is 5.32 Å². The Morgan fingerprint density at radius 1 is 1.31 bits per heavy atom. The second-order valence-electron chi connectivity index (χ2n) is 7.92. The fourth-order valence-corrected chi connectivity index (χ4v) is 4.15. The molecule has 2 aliphatic heterocycles. The van der Waals surface area contributed by atoms with Gasteiger partial charge in [-0.3, -0.25) is 4.79 Å². The highest BCUT2D eigenvalue weighted by Gasteiger charge is 2.38. The van der Waals surface area contributed by atoms with E-state index in [0.29, 0.717) is 16.7 Å². The molecule has 2 saturated heterocycles. The lowest BCUT2D eigenvalue weighted by Crippen LogP contribution is -2.44. The zero-order chi connectivity index (χ0) is 17.6. The zero-order valence-corrected chi connectivity index (χ0v) is 16.5. The number of nitrogens with zero attached hydrogens (tertiary/aromatic N) is 3. The Labute approximate surface area is 160 Å². The molecule has 0 saturated carbocycles. The van der Waals surface area contributed by atoms with Gasteiger partial charge in [0.25, 0.3) is 11.6 Å². The third kappa shape index (κ3) is 3.21. The summed E-state index contributed by atoms with van der Waals surface area (Å²) in [5.74, 6) is 0.317. The fourth-order valence-electron chi connectivity index (χ4n) is 4.15. The van der Waals surface area contributed by atoms with Crippen molar-refractivity contribution in [1.82, 2.24) is 20.4 Å². The molecule has 0 bridgehead atoms. The first-order valence-electron chi connectivity index (χ1n) is 9.26. The summed E-state index contributed by atoms with van der Waals surface area (Å²) in [7, 11) is 0. The maximum absolute atomic E-state index is 13.3. The number of aromatic nitrogens is 2. The van der Waals surface area contributed by atoms with E-state index in [1.54, 1.807) is 0 Å². The summed E-state index contributed by atoms with van der Waals surface area (Å²) in [5.41, 5.74) is 3.17.